The molecule has 0 aromatic carbocycles. The van der Waals surface area contributed by atoms with E-state index in [0.717, 1.165) is 44.8 Å². The number of methoxy groups -OCH3 is 1. The van der Waals surface area contributed by atoms with Gasteiger partial charge in [0.2, 0.25) is 0 Å². The van der Waals surface area contributed by atoms with Crippen molar-refractivity contribution in [3.8, 4) is 0 Å². The Morgan fingerprint density at radius 1 is 1.25 bits per heavy atom. The molecule has 2 unspecified atom stereocenters. The van der Waals surface area contributed by atoms with Gasteiger partial charge in [0.25, 0.3) is 0 Å². The molecule has 0 saturated heterocycles. The normalized spacial score (nSPS) is 31.4. The second-order valence-corrected chi connectivity index (χ2v) is 6.31. The van der Waals surface area contributed by atoms with E-state index in [1.165, 1.54) is 32.8 Å². The summed E-state index contributed by atoms with van der Waals surface area (Å²) < 4.78 is 11.1. The monoisotopic (exact) mass is 283 g/mol. The van der Waals surface area contributed by atoms with Gasteiger partial charge in [0, 0.05) is 13.0 Å². The lowest BCUT2D eigenvalue weighted by atomic mass is 9.80. The SMILES string of the molecule is CCNC1(C(=O)OC)CCCC(OCC2CCCC2)C1. The van der Waals surface area contributed by atoms with Crippen molar-refractivity contribution in [1.82, 2.24) is 5.32 Å². The van der Waals surface area contributed by atoms with E-state index in [1.54, 1.807) is 0 Å². The molecule has 0 spiro atoms. The highest BCUT2D eigenvalue weighted by atomic mass is 16.5. The molecule has 4 nitrogen and oxygen atoms in total. The van der Waals surface area contributed by atoms with Gasteiger partial charge in [-0.05, 0) is 44.6 Å². The van der Waals surface area contributed by atoms with Crippen LogP contribution in [0.3, 0.4) is 0 Å². The van der Waals surface area contributed by atoms with Crippen LogP contribution in [0.5, 0.6) is 0 Å². The quantitative estimate of drug-likeness (QED) is 0.761. The molecule has 2 saturated carbocycles. The predicted molar refractivity (Wildman–Crippen MR) is 78.6 cm³/mol. The Labute approximate surface area is 122 Å². The number of carbonyl (C=O) groups is 1. The maximum atomic E-state index is 12.1. The molecule has 2 fully saturated rings. The van der Waals surface area contributed by atoms with Gasteiger partial charge in [-0.1, -0.05) is 19.8 Å². The molecule has 2 atom stereocenters. The number of likely N-dealkylation sites (N-methyl/N-ethyl adjacent to an activating group) is 1. The summed E-state index contributed by atoms with van der Waals surface area (Å²) in [7, 11) is 1.48. The fourth-order valence-corrected chi connectivity index (χ4v) is 3.77. The van der Waals surface area contributed by atoms with Crippen LogP contribution in [0.15, 0.2) is 0 Å². The van der Waals surface area contributed by atoms with Crippen molar-refractivity contribution in [2.75, 3.05) is 20.3 Å². The van der Waals surface area contributed by atoms with E-state index in [0.29, 0.717) is 0 Å². The van der Waals surface area contributed by atoms with Crippen LogP contribution in [0.1, 0.15) is 58.3 Å². The molecule has 2 aliphatic carbocycles. The van der Waals surface area contributed by atoms with E-state index in [1.807, 2.05) is 6.92 Å². The van der Waals surface area contributed by atoms with E-state index in [-0.39, 0.29) is 12.1 Å². The molecule has 1 N–H and O–H groups in total. The fourth-order valence-electron chi connectivity index (χ4n) is 3.77. The lowest BCUT2D eigenvalue weighted by molar-refractivity contribution is -0.153. The summed E-state index contributed by atoms with van der Waals surface area (Å²) in [6.07, 6.45) is 9.21. The summed E-state index contributed by atoms with van der Waals surface area (Å²) in [5.41, 5.74) is -0.526. The van der Waals surface area contributed by atoms with Gasteiger partial charge in [-0.15, -0.1) is 0 Å². The van der Waals surface area contributed by atoms with Gasteiger partial charge < -0.3 is 14.8 Å². The Hall–Kier alpha value is -0.610. The molecule has 0 radical (unpaired) electrons. The largest absolute Gasteiger partial charge is 0.468 e. The minimum absolute atomic E-state index is 0.131. The highest BCUT2D eigenvalue weighted by molar-refractivity contribution is 5.81. The number of rotatable bonds is 6. The van der Waals surface area contributed by atoms with E-state index in [2.05, 4.69) is 5.32 Å². The van der Waals surface area contributed by atoms with E-state index in [4.69, 9.17) is 9.47 Å². The molecule has 0 heterocycles. The first-order valence-electron chi connectivity index (χ1n) is 8.15. The number of nitrogens with one attached hydrogen (secondary N) is 1. The van der Waals surface area contributed by atoms with Gasteiger partial charge in [0.15, 0.2) is 0 Å². The summed E-state index contributed by atoms with van der Waals surface area (Å²) in [5.74, 6) is 0.608. The van der Waals surface area contributed by atoms with Gasteiger partial charge in [0.1, 0.15) is 5.54 Å². The van der Waals surface area contributed by atoms with Crippen molar-refractivity contribution in [2.24, 2.45) is 5.92 Å². The van der Waals surface area contributed by atoms with Crippen molar-refractivity contribution >= 4 is 5.97 Å². The summed E-state index contributed by atoms with van der Waals surface area (Å²) in [5, 5.41) is 3.35. The smallest absolute Gasteiger partial charge is 0.326 e. The Bertz CT molecular complexity index is 311. The zero-order valence-corrected chi connectivity index (χ0v) is 13.0. The first-order chi connectivity index (χ1) is 9.70. The highest BCUT2D eigenvalue weighted by Crippen LogP contribution is 2.33. The zero-order chi connectivity index (χ0) is 14.4. The lowest BCUT2D eigenvalue weighted by Gasteiger charge is -2.39. The second-order valence-electron chi connectivity index (χ2n) is 6.31. The van der Waals surface area contributed by atoms with E-state index < -0.39 is 5.54 Å². The van der Waals surface area contributed by atoms with Gasteiger partial charge in [-0.3, -0.25) is 4.79 Å². The van der Waals surface area contributed by atoms with Crippen LogP contribution >= 0.6 is 0 Å². The molecule has 2 aliphatic rings. The molecular formula is C16H29NO3. The molecule has 116 valence electrons. The van der Waals surface area contributed by atoms with Gasteiger partial charge in [-0.2, -0.15) is 0 Å². The Kier molecular flexibility index (Phi) is 5.85. The molecule has 0 aromatic heterocycles. The average molecular weight is 283 g/mol. The third-order valence-corrected chi connectivity index (χ3v) is 4.84. The van der Waals surface area contributed by atoms with Crippen LogP contribution < -0.4 is 5.32 Å². The van der Waals surface area contributed by atoms with Crippen LogP contribution in [-0.4, -0.2) is 37.9 Å². The lowest BCUT2D eigenvalue weighted by Crippen LogP contribution is -2.56. The first kappa shape index (κ1) is 15.8. The summed E-state index contributed by atoms with van der Waals surface area (Å²) in [6, 6.07) is 0. The van der Waals surface area contributed by atoms with Crippen LogP contribution in [0.25, 0.3) is 0 Å². The number of ether oxygens (including phenoxy) is 2. The average Bonchev–Trinajstić information content (AvgIpc) is 2.98. The summed E-state index contributed by atoms with van der Waals surface area (Å²) in [6.45, 7) is 3.69. The van der Waals surface area contributed by atoms with Crippen molar-refractivity contribution in [3.05, 3.63) is 0 Å². The van der Waals surface area contributed by atoms with Crippen LogP contribution in [0.4, 0.5) is 0 Å². The maximum Gasteiger partial charge on any atom is 0.326 e. The van der Waals surface area contributed by atoms with Gasteiger partial charge in [-0.25, -0.2) is 0 Å². The summed E-state index contributed by atoms with van der Waals surface area (Å²) in [4.78, 5) is 12.1. The van der Waals surface area contributed by atoms with Crippen molar-refractivity contribution < 1.29 is 14.3 Å². The van der Waals surface area contributed by atoms with Crippen LogP contribution in [0.2, 0.25) is 0 Å². The number of hydrogen-bond acceptors (Lipinski definition) is 4. The van der Waals surface area contributed by atoms with E-state index >= 15 is 0 Å². The molecule has 0 amide bonds. The maximum absolute atomic E-state index is 12.1. The zero-order valence-electron chi connectivity index (χ0n) is 13.0. The third-order valence-electron chi connectivity index (χ3n) is 4.84. The van der Waals surface area contributed by atoms with E-state index in [9.17, 15) is 4.79 Å². The number of esters is 1. The minimum atomic E-state index is -0.526. The number of hydrogen-bond donors (Lipinski definition) is 1. The molecule has 2 rings (SSSR count). The molecule has 4 heteroatoms. The standard InChI is InChI=1S/C16H29NO3/c1-3-17-16(15(18)19-2)10-6-9-14(11-16)20-12-13-7-4-5-8-13/h13-14,17H,3-12H2,1-2H3. The molecule has 0 aliphatic heterocycles. The Morgan fingerprint density at radius 2 is 2.00 bits per heavy atom. The fraction of sp³-hybridized carbons (Fsp3) is 0.938. The summed E-state index contributed by atoms with van der Waals surface area (Å²) >= 11 is 0. The topological polar surface area (TPSA) is 47.6 Å². The van der Waals surface area contributed by atoms with Crippen LogP contribution in [0, 0.1) is 5.92 Å². The van der Waals surface area contributed by atoms with Crippen molar-refractivity contribution in [2.45, 2.75) is 69.9 Å². The minimum Gasteiger partial charge on any atom is -0.468 e. The molecule has 0 aromatic rings. The van der Waals surface area contributed by atoms with Crippen molar-refractivity contribution in [3.63, 3.8) is 0 Å². The molecular weight excluding hydrogens is 254 g/mol. The molecule has 0 bridgehead atoms. The Morgan fingerprint density at radius 3 is 2.65 bits per heavy atom. The predicted octanol–water partition coefficient (Wildman–Crippen LogP) is 2.66. The van der Waals surface area contributed by atoms with Gasteiger partial charge in [0.05, 0.1) is 13.2 Å². The molecule has 20 heavy (non-hydrogen) atoms. The Balaban J connectivity index is 1.89. The second kappa shape index (κ2) is 7.41. The first-order valence-corrected chi connectivity index (χ1v) is 8.15. The third kappa shape index (κ3) is 3.73. The van der Waals surface area contributed by atoms with Crippen LogP contribution in [-0.2, 0) is 14.3 Å². The highest BCUT2D eigenvalue weighted by Gasteiger charge is 2.43. The van der Waals surface area contributed by atoms with Gasteiger partial charge >= 0.3 is 5.97 Å². The van der Waals surface area contributed by atoms with Crippen molar-refractivity contribution in [1.29, 1.82) is 0 Å². The number of carbonyl (C=O) groups excluding carboxylic acids is 1.